The Hall–Kier alpha value is -1.59. The second-order valence-electron chi connectivity index (χ2n) is 5.66. The first-order valence-electron chi connectivity index (χ1n) is 7.49. The summed E-state index contributed by atoms with van der Waals surface area (Å²) in [5.74, 6) is 0.0912. The minimum Gasteiger partial charge on any atom is -0.359 e. The van der Waals surface area contributed by atoms with E-state index in [1.807, 2.05) is 19.1 Å². The lowest BCUT2D eigenvalue weighted by Gasteiger charge is -2.15. The number of rotatable bonds is 5. The van der Waals surface area contributed by atoms with Crippen molar-refractivity contribution in [3.8, 4) is 0 Å². The maximum Gasteiger partial charge on any atom is 0.225 e. The van der Waals surface area contributed by atoms with Crippen molar-refractivity contribution in [1.82, 2.24) is 10.2 Å². The number of aryl methyl sites for hydroxylation is 1. The van der Waals surface area contributed by atoms with E-state index in [0.29, 0.717) is 23.7 Å². The number of likely N-dealkylation sites (tertiary alicyclic amines) is 1. The van der Waals surface area contributed by atoms with Crippen molar-refractivity contribution in [1.29, 1.82) is 0 Å². The Balaban J connectivity index is 1.76. The molecule has 1 aromatic carbocycles. The molecule has 120 valence electrons. The predicted octanol–water partition coefficient (Wildman–Crippen LogP) is 2.04. The van der Waals surface area contributed by atoms with E-state index in [1.54, 1.807) is 13.1 Å². The minimum absolute atomic E-state index is 0.0386. The van der Waals surface area contributed by atoms with Crippen molar-refractivity contribution in [3.05, 3.63) is 28.8 Å². The van der Waals surface area contributed by atoms with Gasteiger partial charge in [-0.15, -0.1) is 0 Å². The summed E-state index contributed by atoms with van der Waals surface area (Å²) in [5, 5.41) is 6.17. The summed E-state index contributed by atoms with van der Waals surface area (Å²) in [5.41, 5.74) is 1.70. The molecule has 1 atom stereocenters. The molecular weight excluding hydrogens is 302 g/mol. The number of hydrogen-bond acceptors (Lipinski definition) is 3. The van der Waals surface area contributed by atoms with E-state index in [-0.39, 0.29) is 17.7 Å². The Morgan fingerprint density at radius 1 is 1.41 bits per heavy atom. The Morgan fingerprint density at radius 3 is 2.86 bits per heavy atom. The molecule has 0 saturated carbocycles. The summed E-state index contributed by atoms with van der Waals surface area (Å²) in [6.07, 6.45) is 1.26. The van der Waals surface area contributed by atoms with E-state index in [4.69, 9.17) is 11.6 Å². The quantitative estimate of drug-likeness (QED) is 0.871. The van der Waals surface area contributed by atoms with Gasteiger partial charge >= 0.3 is 0 Å². The third-order valence-electron chi connectivity index (χ3n) is 4.00. The van der Waals surface area contributed by atoms with Crippen LogP contribution in [0.15, 0.2) is 18.2 Å². The smallest absolute Gasteiger partial charge is 0.225 e. The molecule has 22 heavy (non-hydrogen) atoms. The molecule has 0 radical (unpaired) electrons. The second-order valence-corrected chi connectivity index (χ2v) is 6.07. The van der Waals surface area contributed by atoms with Crippen LogP contribution in [0.3, 0.4) is 0 Å². The Morgan fingerprint density at radius 2 is 2.18 bits per heavy atom. The lowest BCUT2D eigenvalue weighted by atomic mass is 10.1. The molecule has 1 aliphatic heterocycles. The zero-order chi connectivity index (χ0) is 16.1. The van der Waals surface area contributed by atoms with Crippen molar-refractivity contribution in [3.63, 3.8) is 0 Å². The number of nitrogens with one attached hydrogen (secondary N) is 2. The van der Waals surface area contributed by atoms with Crippen LogP contribution in [-0.4, -0.2) is 43.4 Å². The molecule has 2 N–H and O–H groups in total. The van der Waals surface area contributed by atoms with Crippen molar-refractivity contribution in [2.75, 3.05) is 32.0 Å². The summed E-state index contributed by atoms with van der Waals surface area (Å²) >= 11 is 6.04. The zero-order valence-corrected chi connectivity index (χ0v) is 13.7. The van der Waals surface area contributed by atoms with Gasteiger partial charge in [-0.2, -0.15) is 0 Å². The lowest BCUT2D eigenvalue weighted by molar-refractivity contribution is -0.124. The summed E-state index contributed by atoms with van der Waals surface area (Å²) in [6.45, 7) is 4.17. The fourth-order valence-electron chi connectivity index (χ4n) is 2.61. The van der Waals surface area contributed by atoms with E-state index >= 15 is 0 Å². The maximum atomic E-state index is 12.0. The first kappa shape index (κ1) is 16.8. The van der Waals surface area contributed by atoms with E-state index in [2.05, 4.69) is 15.5 Å². The number of halogens is 1. The molecule has 1 aliphatic rings. The molecule has 0 bridgehead atoms. The molecule has 2 amide bonds. The number of amides is 2. The normalized spacial score (nSPS) is 18.2. The highest BCUT2D eigenvalue weighted by molar-refractivity contribution is 6.31. The molecule has 1 fully saturated rings. The number of anilines is 1. The van der Waals surface area contributed by atoms with Crippen molar-refractivity contribution in [2.24, 2.45) is 5.92 Å². The molecule has 2 rings (SSSR count). The topological polar surface area (TPSA) is 61.4 Å². The average molecular weight is 324 g/mol. The van der Waals surface area contributed by atoms with E-state index in [9.17, 15) is 9.59 Å². The number of carbonyl (C=O) groups excluding carboxylic acids is 2. The largest absolute Gasteiger partial charge is 0.359 e. The second kappa shape index (κ2) is 7.61. The monoisotopic (exact) mass is 323 g/mol. The van der Waals surface area contributed by atoms with Crippen molar-refractivity contribution in [2.45, 2.75) is 19.8 Å². The van der Waals surface area contributed by atoms with Crippen LogP contribution in [0.5, 0.6) is 0 Å². The number of benzene rings is 1. The lowest BCUT2D eigenvalue weighted by Crippen LogP contribution is -2.31. The standard InChI is InChI=1S/C16H22ClN3O2/c1-11-3-4-13(9-14(11)17)19-15(21)6-8-20-7-5-12(10-20)16(22)18-2/h3-4,9,12H,5-8,10H2,1-2H3,(H,18,22)(H,19,21)/t12-/m1/s1. The van der Waals surface area contributed by atoms with Crippen molar-refractivity contribution < 1.29 is 9.59 Å². The van der Waals surface area contributed by atoms with Crippen LogP contribution in [0.4, 0.5) is 5.69 Å². The molecular formula is C16H22ClN3O2. The summed E-state index contributed by atoms with van der Waals surface area (Å²) in [4.78, 5) is 25.7. The number of nitrogens with zero attached hydrogens (tertiary/aromatic N) is 1. The van der Waals surface area contributed by atoms with Crippen LogP contribution in [0.25, 0.3) is 0 Å². The highest BCUT2D eigenvalue weighted by Crippen LogP contribution is 2.20. The Labute approximate surface area is 136 Å². The van der Waals surface area contributed by atoms with Gasteiger partial charge in [-0.25, -0.2) is 0 Å². The maximum absolute atomic E-state index is 12.0. The average Bonchev–Trinajstić information content (AvgIpc) is 2.97. The minimum atomic E-state index is -0.0386. The van der Waals surface area contributed by atoms with Crippen LogP contribution in [0, 0.1) is 12.8 Å². The fraction of sp³-hybridized carbons (Fsp3) is 0.500. The molecule has 1 saturated heterocycles. The molecule has 0 spiro atoms. The van der Waals surface area contributed by atoms with Crippen LogP contribution in [0.1, 0.15) is 18.4 Å². The third kappa shape index (κ3) is 4.45. The molecule has 1 aromatic rings. The SMILES string of the molecule is CNC(=O)[C@@H]1CCN(CCC(=O)Nc2ccc(C)c(Cl)c2)C1. The zero-order valence-electron chi connectivity index (χ0n) is 13.0. The van der Waals surface area contributed by atoms with Gasteiger partial charge in [0.2, 0.25) is 11.8 Å². The van der Waals surface area contributed by atoms with Gasteiger partial charge in [0.05, 0.1) is 5.92 Å². The number of hydrogen-bond donors (Lipinski definition) is 2. The Kier molecular flexibility index (Phi) is 5.80. The van der Waals surface area contributed by atoms with E-state index in [0.717, 1.165) is 25.1 Å². The number of carbonyl (C=O) groups is 2. The molecule has 0 unspecified atom stereocenters. The third-order valence-corrected chi connectivity index (χ3v) is 4.41. The highest BCUT2D eigenvalue weighted by atomic mass is 35.5. The van der Waals surface area contributed by atoms with Crippen LogP contribution in [0.2, 0.25) is 5.02 Å². The van der Waals surface area contributed by atoms with Crippen molar-refractivity contribution >= 4 is 29.1 Å². The predicted molar refractivity (Wildman–Crippen MR) is 88.0 cm³/mol. The molecule has 0 aromatic heterocycles. The molecule has 0 aliphatic carbocycles. The van der Waals surface area contributed by atoms with Gasteiger partial charge in [0.25, 0.3) is 0 Å². The first-order valence-corrected chi connectivity index (χ1v) is 7.87. The van der Waals surface area contributed by atoms with Gasteiger partial charge in [0.1, 0.15) is 0 Å². The van der Waals surface area contributed by atoms with Crippen LogP contribution >= 0.6 is 11.6 Å². The van der Waals surface area contributed by atoms with Gasteiger partial charge in [-0.3, -0.25) is 9.59 Å². The van der Waals surface area contributed by atoms with Crippen LogP contribution in [-0.2, 0) is 9.59 Å². The molecule has 1 heterocycles. The fourth-order valence-corrected chi connectivity index (χ4v) is 2.79. The van der Waals surface area contributed by atoms with E-state index in [1.165, 1.54) is 0 Å². The summed E-state index contributed by atoms with van der Waals surface area (Å²) in [6, 6.07) is 5.48. The summed E-state index contributed by atoms with van der Waals surface area (Å²) < 4.78 is 0. The van der Waals surface area contributed by atoms with Gasteiger partial charge in [0, 0.05) is 37.3 Å². The first-order chi connectivity index (χ1) is 10.5. The van der Waals surface area contributed by atoms with Gasteiger partial charge in [-0.1, -0.05) is 17.7 Å². The van der Waals surface area contributed by atoms with E-state index < -0.39 is 0 Å². The van der Waals surface area contributed by atoms with Crippen LogP contribution < -0.4 is 10.6 Å². The van der Waals surface area contributed by atoms with Gasteiger partial charge in [0.15, 0.2) is 0 Å². The summed E-state index contributed by atoms with van der Waals surface area (Å²) in [7, 11) is 1.66. The van der Waals surface area contributed by atoms with Gasteiger partial charge < -0.3 is 15.5 Å². The highest BCUT2D eigenvalue weighted by Gasteiger charge is 2.27. The van der Waals surface area contributed by atoms with Gasteiger partial charge in [-0.05, 0) is 37.6 Å². The molecule has 6 heteroatoms. The molecule has 5 nitrogen and oxygen atoms in total. The Bertz CT molecular complexity index is 562.